The van der Waals surface area contributed by atoms with Crippen molar-refractivity contribution >= 4 is 33.5 Å². The lowest BCUT2D eigenvalue weighted by Crippen LogP contribution is -2.22. The Hall–Kier alpha value is -1.11. The van der Waals surface area contributed by atoms with Gasteiger partial charge in [0, 0.05) is 3.57 Å². The van der Waals surface area contributed by atoms with Crippen molar-refractivity contribution in [2.45, 2.75) is 0 Å². The summed E-state index contributed by atoms with van der Waals surface area (Å²) in [7, 11) is 0. The molecule has 0 fully saturated rings. The molecule has 0 saturated heterocycles. The molecule has 0 aliphatic heterocycles. The van der Waals surface area contributed by atoms with Gasteiger partial charge in [0.25, 0.3) is 5.56 Å². The fourth-order valence-electron chi connectivity index (χ4n) is 1.16. The largest absolute Gasteiger partial charge is 0.326 e. The highest BCUT2D eigenvalue weighted by atomic mass is 127. The maximum Gasteiger partial charge on any atom is 0.326 e. The molecule has 0 bridgehead atoms. The lowest BCUT2D eigenvalue weighted by atomic mass is 10.2. The highest BCUT2D eigenvalue weighted by molar-refractivity contribution is 14.1. The molecular weight excluding hydrogens is 283 g/mol. The summed E-state index contributed by atoms with van der Waals surface area (Å²) in [4.78, 5) is 27.0. The van der Waals surface area contributed by atoms with E-state index in [0.29, 0.717) is 10.9 Å². The van der Waals surface area contributed by atoms with Gasteiger partial charge in [-0.15, -0.1) is 0 Å². The van der Waals surface area contributed by atoms with Crippen LogP contribution in [-0.2, 0) is 0 Å². The van der Waals surface area contributed by atoms with Gasteiger partial charge >= 0.3 is 5.69 Å². The van der Waals surface area contributed by atoms with E-state index >= 15 is 0 Å². The minimum absolute atomic E-state index is 0.350. The Morgan fingerprint density at radius 2 is 1.92 bits per heavy atom. The Kier molecular flexibility index (Phi) is 1.95. The molecule has 2 rings (SSSR count). The average molecular weight is 288 g/mol. The van der Waals surface area contributed by atoms with Crippen LogP contribution in [-0.4, -0.2) is 9.97 Å². The van der Waals surface area contributed by atoms with Crippen LogP contribution in [0.4, 0.5) is 0 Å². The maximum absolute atomic E-state index is 11.3. The Labute approximate surface area is 86.1 Å². The summed E-state index contributed by atoms with van der Waals surface area (Å²) in [6, 6.07) is 5.28. The normalized spacial score (nSPS) is 10.5. The number of aromatic amines is 2. The predicted molar refractivity (Wildman–Crippen MR) is 57.9 cm³/mol. The van der Waals surface area contributed by atoms with E-state index in [2.05, 4.69) is 32.6 Å². The third-order valence-corrected chi connectivity index (χ3v) is 2.62. The Bertz CT molecular complexity index is 570. The van der Waals surface area contributed by atoms with E-state index in [1.54, 1.807) is 12.1 Å². The molecule has 2 N–H and O–H groups in total. The van der Waals surface area contributed by atoms with Crippen molar-refractivity contribution in [1.82, 2.24) is 9.97 Å². The van der Waals surface area contributed by atoms with Crippen LogP contribution in [0.15, 0.2) is 27.8 Å². The monoisotopic (exact) mass is 288 g/mol. The van der Waals surface area contributed by atoms with Crippen molar-refractivity contribution in [3.05, 3.63) is 42.6 Å². The highest BCUT2D eigenvalue weighted by Gasteiger charge is 2.01. The molecule has 66 valence electrons. The van der Waals surface area contributed by atoms with E-state index in [1.807, 2.05) is 6.07 Å². The van der Waals surface area contributed by atoms with Gasteiger partial charge in [-0.1, -0.05) is 6.07 Å². The Morgan fingerprint density at radius 1 is 1.15 bits per heavy atom. The van der Waals surface area contributed by atoms with Crippen molar-refractivity contribution in [3.8, 4) is 0 Å². The van der Waals surface area contributed by atoms with Crippen molar-refractivity contribution in [3.63, 3.8) is 0 Å². The lowest BCUT2D eigenvalue weighted by Gasteiger charge is -1.97. The molecule has 0 aliphatic rings. The molecular formula is C8H5IN2O2. The zero-order valence-corrected chi connectivity index (χ0v) is 8.58. The second-order valence-electron chi connectivity index (χ2n) is 2.57. The van der Waals surface area contributed by atoms with E-state index in [4.69, 9.17) is 0 Å². The number of aromatic nitrogens is 2. The van der Waals surface area contributed by atoms with E-state index in [1.165, 1.54) is 0 Å². The van der Waals surface area contributed by atoms with Gasteiger partial charge < -0.3 is 4.98 Å². The van der Waals surface area contributed by atoms with Crippen LogP contribution in [0.3, 0.4) is 0 Å². The molecule has 0 spiro atoms. The number of H-pyrrole nitrogens is 2. The first-order valence-corrected chi connectivity index (χ1v) is 4.67. The van der Waals surface area contributed by atoms with Gasteiger partial charge in [0.05, 0.1) is 10.9 Å². The van der Waals surface area contributed by atoms with Crippen molar-refractivity contribution in [2.24, 2.45) is 0 Å². The number of fused-ring (bicyclic) bond motifs is 1. The van der Waals surface area contributed by atoms with Crippen molar-refractivity contribution < 1.29 is 0 Å². The predicted octanol–water partition coefficient (Wildman–Crippen LogP) is 0.821. The molecule has 4 nitrogen and oxygen atoms in total. The number of benzene rings is 1. The summed E-state index contributed by atoms with van der Waals surface area (Å²) in [5.41, 5.74) is -0.226. The van der Waals surface area contributed by atoms with Crippen LogP contribution in [0.25, 0.3) is 10.9 Å². The first-order chi connectivity index (χ1) is 6.18. The van der Waals surface area contributed by atoms with E-state index < -0.39 is 5.69 Å². The fraction of sp³-hybridized carbons (Fsp3) is 0. The second-order valence-corrected chi connectivity index (χ2v) is 3.73. The van der Waals surface area contributed by atoms with Crippen LogP contribution in [0.2, 0.25) is 0 Å². The summed E-state index contributed by atoms with van der Waals surface area (Å²) in [6.07, 6.45) is 0. The minimum atomic E-state index is -0.471. The number of nitrogens with one attached hydrogen (secondary N) is 2. The van der Waals surface area contributed by atoms with Gasteiger partial charge in [-0.3, -0.25) is 9.78 Å². The number of rotatable bonds is 0. The van der Waals surface area contributed by atoms with Crippen LogP contribution >= 0.6 is 22.6 Å². The zero-order chi connectivity index (χ0) is 9.42. The summed E-state index contributed by atoms with van der Waals surface area (Å²) in [5, 5.41) is 0.506. The van der Waals surface area contributed by atoms with Crippen LogP contribution in [0, 0.1) is 3.57 Å². The summed E-state index contributed by atoms with van der Waals surface area (Å²) < 4.78 is 0.860. The molecule has 0 saturated carbocycles. The standard InChI is InChI=1S/C8H5IN2O2/c9-5-3-1-2-4-6(5)10-8(13)11-7(4)12/h1-3H,(H2,10,11,12,13). The van der Waals surface area contributed by atoms with Gasteiger partial charge in [-0.25, -0.2) is 4.79 Å². The Morgan fingerprint density at radius 3 is 2.69 bits per heavy atom. The Balaban J connectivity index is 3.12. The molecule has 1 aromatic heterocycles. The average Bonchev–Trinajstić information content (AvgIpc) is 2.07. The first-order valence-electron chi connectivity index (χ1n) is 3.59. The smallest absolute Gasteiger partial charge is 0.306 e. The molecule has 13 heavy (non-hydrogen) atoms. The quantitative estimate of drug-likeness (QED) is 0.705. The lowest BCUT2D eigenvalue weighted by molar-refractivity contribution is 1.08. The topological polar surface area (TPSA) is 65.7 Å². The SMILES string of the molecule is O=c1[nH]c(=O)c2cccc(I)c2[nH]1. The van der Waals surface area contributed by atoms with E-state index in [0.717, 1.165) is 3.57 Å². The van der Waals surface area contributed by atoms with Crippen molar-refractivity contribution in [1.29, 1.82) is 0 Å². The van der Waals surface area contributed by atoms with Gasteiger partial charge in [0.1, 0.15) is 0 Å². The molecule has 5 heteroatoms. The van der Waals surface area contributed by atoms with Gasteiger partial charge in [-0.2, -0.15) is 0 Å². The van der Waals surface area contributed by atoms with E-state index in [9.17, 15) is 9.59 Å². The number of halogens is 1. The fourth-order valence-corrected chi connectivity index (χ4v) is 1.79. The van der Waals surface area contributed by atoms with Crippen LogP contribution < -0.4 is 11.2 Å². The molecule has 0 amide bonds. The maximum atomic E-state index is 11.3. The molecule has 0 atom stereocenters. The summed E-state index contributed by atoms with van der Waals surface area (Å²) in [5.74, 6) is 0. The molecule has 1 aromatic carbocycles. The van der Waals surface area contributed by atoms with Gasteiger partial charge in [0.15, 0.2) is 0 Å². The van der Waals surface area contributed by atoms with Gasteiger partial charge in [0.2, 0.25) is 0 Å². The first kappa shape index (κ1) is 8.49. The summed E-state index contributed by atoms with van der Waals surface area (Å²) in [6.45, 7) is 0. The number of hydrogen-bond donors (Lipinski definition) is 2. The van der Waals surface area contributed by atoms with Crippen LogP contribution in [0.5, 0.6) is 0 Å². The zero-order valence-electron chi connectivity index (χ0n) is 6.43. The molecule has 1 heterocycles. The van der Waals surface area contributed by atoms with Crippen molar-refractivity contribution in [2.75, 3.05) is 0 Å². The molecule has 0 aliphatic carbocycles. The third kappa shape index (κ3) is 1.39. The summed E-state index contributed by atoms with van der Waals surface area (Å²) >= 11 is 2.07. The molecule has 0 unspecified atom stereocenters. The molecule has 2 aromatic rings. The number of hydrogen-bond acceptors (Lipinski definition) is 2. The molecule has 0 radical (unpaired) electrons. The highest BCUT2D eigenvalue weighted by Crippen LogP contribution is 2.12. The number of para-hydroxylation sites is 1. The van der Waals surface area contributed by atoms with E-state index in [-0.39, 0.29) is 5.56 Å². The van der Waals surface area contributed by atoms with Crippen LogP contribution in [0.1, 0.15) is 0 Å². The minimum Gasteiger partial charge on any atom is -0.306 e. The van der Waals surface area contributed by atoms with Gasteiger partial charge in [-0.05, 0) is 34.7 Å². The second kappa shape index (κ2) is 2.99. The third-order valence-electron chi connectivity index (χ3n) is 1.72.